The molecule has 2 aromatic carbocycles. The molecule has 6 heteroatoms. The van der Waals surface area contributed by atoms with Gasteiger partial charge in [0.1, 0.15) is 18.5 Å². The van der Waals surface area contributed by atoms with Crippen LogP contribution in [0, 0.1) is 0 Å². The average molecular weight is 370 g/mol. The maximum Gasteiger partial charge on any atom is 0.199 e. The van der Waals surface area contributed by atoms with Crippen LogP contribution in [0.25, 0.3) is 10.9 Å². The molecule has 0 bridgehead atoms. The largest absolute Gasteiger partial charge is 0.494 e. The van der Waals surface area contributed by atoms with Crippen molar-refractivity contribution in [3.8, 4) is 5.88 Å². The lowest BCUT2D eigenvalue weighted by Crippen LogP contribution is -2.13. The highest BCUT2D eigenvalue weighted by atomic mass is 79.9. The third-order valence-corrected chi connectivity index (χ3v) is 4.27. The van der Waals surface area contributed by atoms with Gasteiger partial charge in [-0.05, 0) is 18.2 Å². The van der Waals surface area contributed by atoms with E-state index in [-0.39, 0.29) is 5.88 Å². The number of hydrogen-bond acceptors (Lipinski definition) is 4. The van der Waals surface area contributed by atoms with Crippen LogP contribution in [0.3, 0.4) is 0 Å². The summed E-state index contributed by atoms with van der Waals surface area (Å²) in [5, 5.41) is 15.4. The van der Waals surface area contributed by atoms with Crippen LogP contribution < -0.4 is 0 Å². The lowest BCUT2D eigenvalue weighted by Gasteiger charge is -2.03. The number of fused-ring (bicyclic) bond motifs is 2. The van der Waals surface area contributed by atoms with Gasteiger partial charge in [-0.1, -0.05) is 45.4 Å². The van der Waals surface area contributed by atoms with Gasteiger partial charge in [0.15, 0.2) is 5.88 Å². The Balaban J connectivity index is 1.98. The number of aromatic hydroxyl groups is 1. The molecule has 0 atom stereocenters. The predicted molar refractivity (Wildman–Crippen MR) is 93.8 cm³/mol. The molecule has 0 saturated heterocycles. The minimum atomic E-state index is 0.0634. The molecule has 0 amide bonds. The second-order valence-electron chi connectivity index (χ2n) is 5.14. The molecule has 0 radical (unpaired) electrons. The third kappa shape index (κ3) is 2.14. The summed E-state index contributed by atoms with van der Waals surface area (Å²) in [6.07, 6.45) is 0. The number of hydrogen-bond donors (Lipinski definition) is 2. The second kappa shape index (κ2) is 5.24. The minimum Gasteiger partial charge on any atom is -0.494 e. The van der Waals surface area contributed by atoms with E-state index in [0.717, 1.165) is 26.6 Å². The van der Waals surface area contributed by atoms with Gasteiger partial charge < -0.3 is 14.9 Å². The van der Waals surface area contributed by atoms with Crippen molar-refractivity contribution in [2.45, 2.75) is 0 Å². The van der Waals surface area contributed by atoms with Gasteiger partial charge in [0.05, 0.1) is 16.8 Å². The molecule has 0 saturated carbocycles. The average Bonchev–Trinajstić information content (AvgIpc) is 3.04. The van der Waals surface area contributed by atoms with E-state index in [2.05, 4.69) is 31.1 Å². The van der Waals surface area contributed by atoms with Crippen molar-refractivity contribution in [3.05, 3.63) is 58.1 Å². The number of benzene rings is 2. The van der Waals surface area contributed by atoms with Gasteiger partial charge in [-0.15, -0.1) is 0 Å². The number of para-hydroxylation sites is 1. The number of H-pyrrole nitrogens is 1. The van der Waals surface area contributed by atoms with Crippen molar-refractivity contribution >= 4 is 43.9 Å². The summed E-state index contributed by atoms with van der Waals surface area (Å²) < 4.78 is 0.931. The molecule has 3 aromatic rings. The standard InChI is InChI=1S/C17H12BrN3O2/c1-23-21-15-11-4-2-3-5-12(11)19-16(15)14-10-7-6-9(18)8-13(10)20-17(14)22/h2-8,20,22H,1H3. The van der Waals surface area contributed by atoms with Crippen molar-refractivity contribution in [3.63, 3.8) is 0 Å². The second-order valence-corrected chi connectivity index (χ2v) is 6.05. The minimum absolute atomic E-state index is 0.0634. The van der Waals surface area contributed by atoms with Crippen LogP contribution in [-0.2, 0) is 4.84 Å². The molecule has 0 aliphatic carbocycles. The normalized spacial score (nSPS) is 15.0. The van der Waals surface area contributed by atoms with Crippen LogP contribution in [0.1, 0.15) is 11.1 Å². The molecule has 0 unspecified atom stereocenters. The number of nitrogens with zero attached hydrogens (tertiary/aromatic N) is 2. The van der Waals surface area contributed by atoms with E-state index >= 15 is 0 Å². The highest BCUT2D eigenvalue weighted by Crippen LogP contribution is 2.36. The Labute approximate surface area is 140 Å². The zero-order chi connectivity index (χ0) is 16.0. The van der Waals surface area contributed by atoms with Gasteiger partial charge in [0.2, 0.25) is 0 Å². The monoisotopic (exact) mass is 369 g/mol. The van der Waals surface area contributed by atoms with Gasteiger partial charge in [0.25, 0.3) is 0 Å². The fraction of sp³-hybridized carbons (Fsp3) is 0.0588. The molecule has 2 heterocycles. The first-order valence-electron chi connectivity index (χ1n) is 6.99. The van der Waals surface area contributed by atoms with Crippen molar-refractivity contribution < 1.29 is 9.94 Å². The highest BCUT2D eigenvalue weighted by Gasteiger charge is 2.29. The van der Waals surface area contributed by atoms with Crippen LogP contribution >= 0.6 is 15.9 Å². The summed E-state index contributed by atoms with van der Waals surface area (Å²) in [7, 11) is 1.50. The molecule has 0 spiro atoms. The third-order valence-electron chi connectivity index (χ3n) is 3.78. The maximum absolute atomic E-state index is 10.4. The lowest BCUT2D eigenvalue weighted by molar-refractivity contribution is 0.214. The van der Waals surface area contributed by atoms with Crippen LogP contribution in [0.4, 0.5) is 5.69 Å². The van der Waals surface area contributed by atoms with E-state index < -0.39 is 0 Å². The van der Waals surface area contributed by atoms with Gasteiger partial charge in [-0.3, -0.25) is 0 Å². The molecular weight excluding hydrogens is 358 g/mol. The smallest absolute Gasteiger partial charge is 0.199 e. The summed E-state index contributed by atoms with van der Waals surface area (Å²) >= 11 is 3.43. The van der Waals surface area contributed by atoms with E-state index in [0.29, 0.717) is 17.0 Å². The van der Waals surface area contributed by atoms with E-state index in [1.165, 1.54) is 7.11 Å². The molecule has 4 rings (SSSR count). The lowest BCUT2D eigenvalue weighted by atomic mass is 10.0. The molecule has 1 aliphatic heterocycles. The Bertz CT molecular complexity index is 989. The van der Waals surface area contributed by atoms with Crippen molar-refractivity contribution in [1.29, 1.82) is 0 Å². The molecule has 5 nitrogen and oxygen atoms in total. The van der Waals surface area contributed by atoms with Crippen molar-refractivity contribution in [1.82, 2.24) is 4.98 Å². The molecule has 23 heavy (non-hydrogen) atoms. The zero-order valence-corrected chi connectivity index (χ0v) is 13.8. The molecular formula is C17H12BrN3O2. The van der Waals surface area contributed by atoms with Gasteiger partial charge in [-0.2, -0.15) is 0 Å². The summed E-state index contributed by atoms with van der Waals surface area (Å²) in [4.78, 5) is 12.6. The zero-order valence-electron chi connectivity index (χ0n) is 12.2. The number of aromatic nitrogens is 1. The Morgan fingerprint density at radius 1 is 1.22 bits per heavy atom. The molecule has 1 aromatic heterocycles. The van der Waals surface area contributed by atoms with E-state index in [9.17, 15) is 5.11 Å². The van der Waals surface area contributed by atoms with Crippen LogP contribution in [0.2, 0.25) is 0 Å². The van der Waals surface area contributed by atoms with E-state index in [4.69, 9.17) is 4.84 Å². The van der Waals surface area contributed by atoms with Crippen LogP contribution in [0.15, 0.2) is 57.1 Å². The van der Waals surface area contributed by atoms with Gasteiger partial charge in [-0.25, -0.2) is 4.99 Å². The molecule has 2 N–H and O–H groups in total. The summed E-state index contributed by atoms with van der Waals surface area (Å²) in [6.45, 7) is 0. The molecule has 1 aliphatic rings. The fourth-order valence-electron chi connectivity index (χ4n) is 2.83. The Hall–Kier alpha value is -2.60. The first-order valence-corrected chi connectivity index (χ1v) is 7.78. The van der Waals surface area contributed by atoms with E-state index in [1.54, 1.807) is 0 Å². The van der Waals surface area contributed by atoms with Crippen LogP contribution in [0.5, 0.6) is 5.88 Å². The van der Waals surface area contributed by atoms with Crippen LogP contribution in [-0.4, -0.2) is 28.6 Å². The summed E-state index contributed by atoms with van der Waals surface area (Å²) in [5.74, 6) is 0.0634. The first kappa shape index (κ1) is 14.0. The maximum atomic E-state index is 10.4. The van der Waals surface area contributed by atoms with Crippen molar-refractivity contribution in [2.75, 3.05) is 7.11 Å². The Kier molecular flexibility index (Phi) is 3.20. The van der Waals surface area contributed by atoms with Gasteiger partial charge in [0, 0.05) is 15.4 Å². The summed E-state index contributed by atoms with van der Waals surface area (Å²) in [5.41, 5.74) is 4.35. The summed E-state index contributed by atoms with van der Waals surface area (Å²) in [6, 6.07) is 13.5. The highest BCUT2D eigenvalue weighted by molar-refractivity contribution is 9.10. The first-order chi connectivity index (χ1) is 11.2. The number of oxime groups is 1. The number of halogens is 1. The fourth-order valence-corrected chi connectivity index (χ4v) is 3.19. The Morgan fingerprint density at radius 3 is 2.87 bits per heavy atom. The topological polar surface area (TPSA) is 70.0 Å². The predicted octanol–water partition coefficient (Wildman–Crippen LogP) is 4.12. The Morgan fingerprint density at radius 2 is 2.04 bits per heavy atom. The number of aliphatic imine (C=N–C) groups is 1. The molecule has 114 valence electrons. The number of nitrogens with one attached hydrogen (secondary N) is 1. The number of aromatic amines is 1. The quantitative estimate of drug-likeness (QED) is 0.667. The van der Waals surface area contributed by atoms with Gasteiger partial charge >= 0.3 is 0 Å². The SMILES string of the molecule is CON=C1C(c2c(O)[nH]c3cc(Br)ccc23)=Nc2ccccc21. The molecule has 0 fully saturated rings. The number of rotatable bonds is 2. The van der Waals surface area contributed by atoms with E-state index in [1.807, 2.05) is 42.5 Å². The van der Waals surface area contributed by atoms with Crippen molar-refractivity contribution in [2.24, 2.45) is 10.1 Å².